The molecule has 0 saturated heterocycles. The van der Waals surface area contributed by atoms with Crippen molar-refractivity contribution in [3.63, 3.8) is 0 Å². The molecule has 0 heterocycles. The van der Waals surface area contributed by atoms with Crippen LogP contribution in [0.4, 0.5) is 0 Å². The molecule has 0 atom stereocenters. The van der Waals surface area contributed by atoms with Crippen LogP contribution >= 0.6 is 11.9 Å². The van der Waals surface area contributed by atoms with Gasteiger partial charge in [-0.05, 0) is 16.7 Å². The molecule has 3 rings (SSSR count). The third-order valence-corrected chi connectivity index (χ3v) is 4.96. The van der Waals surface area contributed by atoms with Gasteiger partial charge in [0.05, 0.1) is 0 Å². The molecule has 0 bridgehead atoms. The van der Waals surface area contributed by atoms with Crippen LogP contribution in [-0.2, 0) is 5.54 Å². The minimum absolute atomic E-state index is 0.376. The van der Waals surface area contributed by atoms with Crippen molar-refractivity contribution in [3.05, 3.63) is 108 Å². The average molecular weight is 334 g/mol. The summed E-state index contributed by atoms with van der Waals surface area (Å²) in [6, 6.07) is 32.1. The molecule has 0 unspecified atom stereocenters. The van der Waals surface area contributed by atoms with E-state index < -0.39 is 0 Å². The predicted octanol–water partition coefficient (Wildman–Crippen LogP) is 5.62. The molecule has 0 aliphatic carbocycles. The lowest BCUT2D eigenvalue weighted by Gasteiger charge is -2.37. The molecule has 0 radical (unpaired) electrons. The van der Waals surface area contributed by atoms with Crippen molar-refractivity contribution in [2.45, 2.75) is 24.6 Å². The van der Waals surface area contributed by atoms with E-state index in [4.69, 9.17) is 0 Å². The third kappa shape index (κ3) is 3.40. The van der Waals surface area contributed by atoms with Crippen molar-refractivity contribution in [1.29, 1.82) is 0 Å². The van der Waals surface area contributed by atoms with Crippen molar-refractivity contribution in [2.75, 3.05) is 0 Å². The maximum absolute atomic E-state index is 3.80. The maximum Gasteiger partial charge on any atom is 0.104 e. The zero-order chi connectivity index (χ0) is 16.8. The Bertz CT molecular complexity index is 642. The fourth-order valence-electron chi connectivity index (χ4n) is 2.95. The third-order valence-electron chi connectivity index (χ3n) is 4.07. The quantitative estimate of drug-likeness (QED) is 0.464. The highest BCUT2D eigenvalue weighted by Gasteiger charge is 2.36. The predicted molar refractivity (Wildman–Crippen MR) is 105 cm³/mol. The van der Waals surface area contributed by atoms with Gasteiger partial charge in [-0.3, -0.25) is 0 Å². The lowest BCUT2D eigenvalue weighted by atomic mass is 9.78. The largest absolute Gasteiger partial charge is 0.245 e. The Kier molecular flexibility index (Phi) is 5.39. The van der Waals surface area contributed by atoms with Crippen LogP contribution in [0.2, 0.25) is 0 Å². The summed E-state index contributed by atoms with van der Waals surface area (Å²) in [5.74, 6) is 0. The van der Waals surface area contributed by atoms with E-state index >= 15 is 0 Å². The van der Waals surface area contributed by atoms with Crippen LogP contribution < -0.4 is 4.72 Å². The smallest absolute Gasteiger partial charge is 0.104 e. The van der Waals surface area contributed by atoms with Crippen LogP contribution in [0, 0.1) is 0 Å². The fourth-order valence-corrected chi connectivity index (χ4v) is 3.71. The molecule has 122 valence electrons. The number of hydrogen-bond acceptors (Lipinski definition) is 2. The first-order valence-corrected chi connectivity index (χ1v) is 9.21. The van der Waals surface area contributed by atoms with Gasteiger partial charge in [0, 0.05) is 5.25 Å². The molecule has 2 heteroatoms. The van der Waals surface area contributed by atoms with Gasteiger partial charge < -0.3 is 0 Å². The lowest BCUT2D eigenvalue weighted by Crippen LogP contribution is -2.41. The fraction of sp³-hybridized carbons (Fsp3) is 0.182. The summed E-state index contributed by atoms with van der Waals surface area (Å²) in [6.07, 6.45) is 0. The van der Waals surface area contributed by atoms with Gasteiger partial charge in [-0.15, -0.1) is 0 Å². The van der Waals surface area contributed by atoms with E-state index in [1.54, 1.807) is 11.9 Å². The highest BCUT2D eigenvalue weighted by atomic mass is 32.2. The molecule has 0 aliphatic rings. The Hall–Kier alpha value is -2.03. The normalized spacial score (nSPS) is 11.6. The van der Waals surface area contributed by atoms with Crippen LogP contribution in [0.3, 0.4) is 0 Å². The van der Waals surface area contributed by atoms with E-state index in [2.05, 4.69) is 110 Å². The summed E-state index contributed by atoms with van der Waals surface area (Å²) < 4.78 is 3.80. The van der Waals surface area contributed by atoms with Crippen LogP contribution in [0.15, 0.2) is 91.0 Å². The summed E-state index contributed by atoms with van der Waals surface area (Å²) >= 11 is 1.77. The van der Waals surface area contributed by atoms with Crippen molar-refractivity contribution in [2.24, 2.45) is 0 Å². The van der Waals surface area contributed by atoms with Gasteiger partial charge >= 0.3 is 0 Å². The SMILES string of the molecule is CC(C)SNC(c1ccccc1)(c1ccccc1)c1ccccc1. The van der Waals surface area contributed by atoms with Gasteiger partial charge in [0.25, 0.3) is 0 Å². The monoisotopic (exact) mass is 333 g/mol. The highest BCUT2D eigenvalue weighted by molar-refractivity contribution is 7.98. The number of hydrogen-bond donors (Lipinski definition) is 1. The van der Waals surface area contributed by atoms with Gasteiger partial charge in [0.2, 0.25) is 0 Å². The highest BCUT2D eigenvalue weighted by Crippen LogP contribution is 2.38. The first kappa shape index (κ1) is 16.8. The van der Waals surface area contributed by atoms with Gasteiger partial charge in [0.15, 0.2) is 0 Å². The Morgan fingerprint density at radius 1 is 0.625 bits per heavy atom. The van der Waals surface area contributed by atoms with Crippen LogP contribution in [0.25, 0.3) is 0 Å². The summed E-state index contributed by atoms with van der Waals surface area (Å²) in [6.45, 7) is 4.42. The van der Waals surface area contributed by atoms with Crippen LogP contribution in [0.5, 0.6) is 0 Å². The first-order valence-electron chi connectivity index (χ1n) is 8.33. The molecule has 0 saturated carbocycles. The molecule has 1 N–H and O–H groups in total. The Balaban J connectivity index is 2.24. The standard InChI is InChI=1S/C22H23NS/c1-18(2)24-23-22(19-12-6-3-7-13-19,20-14-8-4-9-15-20)21-16-10-5-11-17-21/h3-18,23H,1-2H3. The van der Waals surface area contributed by atoms with E-state index in [-0.39, 0.29) is 5.54 Å². The molecular formula is C22H23NS. The van der Waals surface area contributed by atoms with Crippen LogP contribution in [0.1, 0.15) is 30.5 Å². The summed E-state index contributed by atoms with van der Waals surface area (Å²) in [5, 5.41) is 0.487. The molecule has 1 nitrogen and oxygen atoms in total. The summed E-state index contributed by atoms with van der Waals surface area (Å²) in [5.41, 5.74) is 3.36. The molecule has 0 spiro atoms. The van der Waals surface area contributed by atoms with Gasteiger partial charge in [-0.2, -0.15) is 0 Å². The maximum atomic E-state index is 3.80. The molecule has 0 amide bonds. The van der Waals surface area contributed by atoms with Crippen molar-refractivity contribution in [3.8, 4) is 0 Å². The van der Waals surface area contributed by atoms with E-state index in [1.807, 2.05) is 0 Å². The van der Waals surface area contributed by atoms with Gasteiger partial charge in [-0.25, -0.2) is 4.72 Å². The molecule has 0 fully saturated rings. The zero-order valence-electron chi connectivity index (χ0n) is 14.1. The second kappa shape index (κ2) is 7.69. The number of rotatable bonds is 6. The first-order chi connectivity index (χ1) is 11.7. The van der Waals surface area contributed by atoms with Gasteiger partial charge in [0.1, 0.15) is 5.54 Å². The second-order valence-electron chi connectivity index (χ2n) is 6.12. The van der Waals surface area contributed by atoms with Crippen molar-refractivity contribution in [1.82, 2.24) is 4.72 Å². The molecule has 3 aromatic rings. The second-order valence-corrected chi connectivity index (χ2v) is 7.50. The Morgan fingerprint density at radius 3 is 1.25 bits per heavy atom. The van der Waals surface area contributed by atoms with E-state index in [1.165, 1.54) is 16.7 Å². The van der Waals surface area contributed by atoms with Crippen molar-refractivity contribution >= 4 is 11.9 Å². The average Bonchev–Trinajstić information content (AvgIpc) is 2.65. The molecule has 3 aromatic carbocycles. The zero-order valence-corrected chi connectivity index (χ0v) is 15.0. The molecule has 0 aromatic heterocycles. The van der Waals surface area contributed by atoms with E-state index in [0.717, 1.165) is 0 Å². The minimum atomic E-state index is -0.376. The Morgan fingerprint density at radius 2 is 0.958 bits per heavy atom. The van der Waals surface area contributed by atoms with Crippen LogP contribution in [-0.4, -0.2) is 5.25 Å². The number of nitrogens with one attached hydrogen (secondary N) is 1. The topological polar surface area (TPSA) is 12.0 Å². The van der Waals surface area contributed by atoms with Gasteiger partial charge in [-0.1, -0.05) is 117 Å². The summed E-state index contributed by atoms with van der Waals surface area (Å²) in [7, 11) is 0. The Labute approximate surface area is 149 Å². The molecule has 0 aliphatic heterocycles. The summed E-state index contributed by atoms with van der Waals surface area (Å²) in [4.78, 5) is 0. The lowest BCUT2D eigenvalue weighted by molar-refractivity contribution is 0.600. The van der Waals surface area contributed by atoms with E-state index in [9.17, 15) is 0 Å². The molecular weight excluding hydrogens is 310 g/mol. The number of benzene rings is 3. The van der Waals surface area contributed by atoms with E-state index in [0.29, 0.717) is 5.25 Å². The minimum Gasteiger partial charge on any atom is -0.245 e. The van der Waals surface area contributed by atoms with Crippen molar-refractivity contribution < 1.29 is 0 Å². The molecule has 24 heavy (non-hydrogen) atoms.